The van der Waals surface area contributed by atoms with Crippen LogP contribution < -0.4 is 16.4 Å². The van der Waals surface area contributed by atoms with Crippen LogP contribution in [0.5, 0.6) is 0 Å². The SMILES string of the molecule is Cc1c([C@@H](C)Nc2nn(C)c(=O)c3c(C4(C(C)(C)C)CCCN4C(=O)O)c(=O)n(C4CC4)cc23)cccc1C(F)(F)F. The molecule has 2 N–H and O–H groups in total. The minimum atomic E-state index is -4.52. The normalized spacial score (nSPS) is 20.3. The van der Waals surface area contributed by atoms with Gasteiger partial charge in [0, 0.05) is 31.2 Å². The van der Waals surface area contributed by atoms with Gasteiger partial charge in [0.1, 0.15) is 0 Å². The van der Waals surface area contributed by atoms with Crippen LogP contribution in [0.4, 0.5) is 23.8 Å². The Hall–Kier alpha value is -3.83. The Morgan fingerprint density at radius 2 is 1.83 bits per heavy atom. The zero-order valence-corrected chi connectivity index (χ0v) is 24.6. The number of hydrogen-bond donors (Lipinski definition) is 2. The smallest absolute Gasteiger partial charge is 0.416 e. The summed E-state index contributed by atoms with van der Waals surface area (Å²) in [5.41, 5.74) is -3.13. The summed E-state index contributed by atoms with van der Waals surface area (Å²) in [6.07, 6.45) is -1.70. The van der Waals surface area contributed by atoms with Crippen molar-refractivity contribution < 1.29 is 23.1 Å². The third-order valence-corrected chi connectivity index (χ3v) is 8.96. The van der Waals surface area contributed by atoms with E-state index >= 15 is 0 Å². The molecule has 12 heteroatoms. The molecule has 42 heavy (non-hydrogen) atoms. The number of rotatable bonds is 5. The lowest BCUT2D eigenvalue weighted by Crippen LogP contribution is -2.56. The van der Waals surface area contributed by atoms with E-state index in [1.807, 2.05) is 20.8 Å². The number of hydrogen-bond acceptors (Lipinski definition) is 5. The first-order valence-electron chi connectivity index (χ1n) is 14.1. The number of alkyl halides is 3. The zero-order valence-electron chi connectivity index (χ0n) is 24.6. The van der Waals surface area contributed by atoms with Gasteiger partial charge in [0.15, 0.2) is 5.82 Å². The third-order valence-electron chi connectivity index (χ3n) is 8.96. The summed E-state index contributed by atoms with van der Waals surface area (Å²) in [5, 5.41) is 18.4. The van der Waals surface area contributed by atoms with Gasteiger partial charge in [0.05, 0.1) is 28.1 Å². The van der Waals surface area contributed by atoms with E-state index < -0.39 is 45.9 Å². The van der Waals surface area contributed by atoms with Gasteiger partial charge in [0.2, 0.25) is 0 Å². The molecule has 226 valence electrons. The molecule has 1 amide bonds. The lowest BCUT2D eigenvalue weighted by Gasteiger charge is -2.47. The molecule has 2 atom stereocenters. The fourth-order valence-corrected chi connectivity index (χ4v) is 6.77. The second-order valence-corrected chi connectivity index (χ2v) is 12.5. The molecule has 0 spiro atoms. The van der Waals surface area contributed by atoms with Crippen molar-refractivity contribution in [3.05, 3.63) is 67.4 Å². The summed E-state index contributed by atoms with van der Waals surface area (Å²) in [5.74, 6) is 0.219. The van der Waals surface area contributed by atoms with Gasteiger partial charge in [-0.2, -0.15) is 18.3 Å². The first-order chi connectivity index (χ1) is 19.5. The van der Waals surface area contributed by atoms with E-state index in [2.05, 4.69) is 10.4 Å². The maximum Gasteiger partial charge on any atom is 0.416 e. The number of aryl methyl sites for hydroxylation is 1. The highest BCUT2D eigenvalue weighted by molar-refractivity contribution is 5.94. The van der Waals surface area contributed by atoms with E-state index in [1.165, 1.54) is 24.9 Å². The van der Waals surface area contributed by atoms with Gasteiger partial charge in [-0.15, -0.1) is 0 Å². The predicted molar refractivity (Wildman–Crippen MR) is 153 cm³/mol. The van der Waals surface area contributed by atoms with Crippen molar-refractivity contribution in [3.63, 3.8) is 0 Å². The second kappa shape index (κ2) is 9.88. The van der Waals surface area contributed by atoms with Gasteiger partial charge >= 0.3 is 12.3 Å². The van der Waals surface area contributed by atoms with Crippen LogP contribution in [0.3, 0.4) is 0 Å². The van der Waals surface area contributed by atoms with Crippen LogP contribution in [-0.2, 0) is 18.8 Å². The first kappa shape index (κ1) is 29.7. The molecule has 1 saturated heterocycles. The molecule has 9 nitrogen and oxygen atoms in total. The number of nitrogens with one attached hydrogen (secondary N) is 1. The quantitative estimate of drug-likeness (QED) is 0.382. The van der Waals surface area contributed by atoms with E-state index in [-0.39, 0.29) is 34.9 Å². The van der Waals surface area contributed by atoms with Crippen LogP contribution in [0.2, 0.25) is 0 Å². The Morgan fingerprint density at radius 1 is 1.17 bits per heavy atom. The Balaban J connectivity index is 1.81. The Bertz CT molecular complexity index is 1700. The molecule has 3 aromatic rings. The van der Waals surface area contributed by atoms with Crippen molar-refractivity contribution >= 4 is 22.7 Å². The number of amides is 1. The summed E-state index contributed by atoms with van der Waals surface area (Å²) in [6, 6.07) is 3.25. The number of halogens is 3. The second-order valence-electron chi connectivity index (χ2n) is 12.5. The van der Waals surface area contributed by atoms with Gasteiger partial charge in [-0.25, -0.2) is 9.48 Å². The van der Waals surface area contributed by atoms with E-state index in [0.717, 1.165) is 23.6 Å². The monoisotopic (exact) mass is 587 g/mol. The molecule has 1 unspecified atom stereocenters. The maximum atomic E-state index is 14.3. The summed E-state index contributed by atoms with van der Waals surface area (Å²) in [7, 11) is 1.44. The molecule has 1 saturated carbocycles. The van der Waals surface area contributed by atoms with Crippen LogP contribution in [0, 0.1) is 12.3 Å². The van der Waals surface area contributed by atoms with Gasteiger partial charge in [0.25, 0.3) is 11.1 Å². The molecule has 2 aliphatic rings. The van der Waals surface area contributed by atoms with E-state index in [1.54, 1.807) is 23.8 Å². The van der Waals surface area contributed by atoms with Crippen LogP contribution in [0.15, 0.2) is 34.0 Å². The van der Waals surface area contributed by atoms with Crippen LogP contribution in [-0.4, -0.2) is 37.0 Å². The molecule has 5 rings (SSSR count). The maximum absolute atomic E-state index is 14.3. The van der Waals surface area contributed by atoms with Gasteiger partial charge < -0.3 is 15.0 Å². The highest BCUT2D eigenvalue weighted by Crippen LogP contribution is 2.52. The molecule has 0 bridgehead atoms. The minimum absolute atomic E-state index is 0.0736. The average molecular weight is 588 g/mol. The summed E-state index contributed by atoms with van der Waals surface area (Å²) >= 11 is 0. The number of carbonyl (C=O) groups is 1. The molecular weight excluding hydrogens is 551 g/mol. The van der Waals surface area contributed by atoms with Crippen molar-refractivity contribution in [1.82, 2.24) is 19.2 Å². The lowest BCUT2D eigenvalue weighted by atomic mass is 9.67. The van der Waals surface area contributed by atoms with E-state index in [4.69, 9.17) is 0 Å². The van der Waals surface area contributed by atoms with Crippen molar-refractivity contribution in [2.75, 3.05) is 11.9 Å². The topological polar surface area (TPSA) is 109 Å². The van der Waals surface area contributed by atoms with Crippen LogP contribution in [0.1, 0.15) is 87.7 Å². The summed E-state index contributed by atoms with van der Waals surface area (Å²) in [4.78, 5) is 42.1. The predicted octanol–water partition coefficient (Wildman–Crippen LogP) is 5.95. The fourth-order valence-electron chi connectivity index (χ4n) is 6.77. The Kier molecular flexibility index (Phi) is 6.97. The van der Waals surface area contributed by atoms with Crippen molar-refractivity contribution in [3.8, 4) is 0 Å². The molecule has 1 aliphatic heterocycles. The largest absolute Gasteiger partial charge is 0.465 e. The molecule has 3 heterocycles. The molecular formula is C30H36F3N5O4. The summed E-state index contributed by atoms with van der Waals surface area (Å²) < 4.78 is 43.6. The van der Waals surface area contributed by atoms with Crippen molar-refractivity contribution in [2.24, 2.45) is 12.5 Å². The average Bonchev–Trinajstić information content (AvgIpc) is 3.62. The number of likely N-dealkylation sites (tertiary alicyclic amines) is 1. The molecule has 1 aliphatic carbocycles. The third kappa shape index (κ3) is 4.55. The number of carboxylic acid groups (broad SMARTS) is 1. The molecule has 2 fully saturated rings. The van der Waals surface area contributed by atoms with Crippen molar-refractivity contribution in [1.29, 1.82) is 0 Å². The minimum Gasteiger partial charge on any atom is -0.465 e. The van der Waals surface area contributed by atoms with E-state index in [9.17, 15) is 32.7 Å². The van der Waals surface area contributed by atoms with E-state index in [0.29, 0.717) is 23.8 Å². The Labute approximate surface area is 240 Å². The zero-order chi connectivity index (χ0) is 30.9. The number of anilines is 1. The molecule has 1 aromatic carbocycles. The Morgan fingerprint density at radius 3 is 2.40 bits per heavy atom. The van der Waals surface area contributed by atoms with Gasteiger partial charge in [-0.3, -0.25) is 14.5 Å². The first-order valence-corrected chi connectivity index (χ1v) is 14.1. The number of pyridine rings is 1. The highest BCUT2D eigenvalue weighted by atomic mass is 19.4. The summed E-state index contributed by atoms with van der Waals surface area (Å²) in [6.45, 7) is 8.96. The van der Waals surface area contributed by atoms with Gasteiger partial charge in [-0.05, 0) is 62.1 Å². The number of fused-ring (bicyclic) bond motifs is 1. The lowest BCUT2D eigenvalue weighted by molar-refractivity contribution is -0.138. The number of benzene rings is 1. The fraction of sp³-hybridized carbons (Fsp3) is 0.533. The van der Waals surface area contributed by atoms with Crippen LogP contribution in [0.25, 0.3) is 10.8 Å². The highest BCUT2D eigenvalue weighted by Gasteiger charge is 2.56. The number of nitrogens with zero attached hydrogens (tertiary/aromatic N) is 4. The van der Waals surface area contributed by atoms with Crippen LogP contribution >= 0.6 is 0 Å². The molecule has 2 aromatic heterocycles. The van der Waals surface area contributed by atoms with Crippen molar-refractivity contribution in [2.45, 2.75) is 84.1 Å². The molecule has 0 radical (unpaired) electrons. The van der Waals surface area contributed by atoms with Gasteiger partial charge in [-0.1, -0.05) is 32.9 Å². The standard InChI is InChI=1S/C30H36F3N5O4/c1-16-19(9-7-10-21(16)30(31,32)33)17(2)34-24-20-15-37(18-11-12-18)26(40)23(22(20)25(39)36(6)35-24)29(28(3,4)5)13-8-14-38(29)27(41)42/h7,9-10,15,17-18H,8,11-14H2,1-6H3,(H,34,35)(H,41,42)/t17-,29?/m1/s1. The number of aromatic nitrogens is 3.